The zero-order chi connectivity index (χ0) is 20.1. The largest absolute Gasteiger partial charge is 0.483 e. The Kier molecular flexibility index (Phi) is 6.62. The number of halogens is 1. The van der Waals surface area contributed by atoms with Gasteiger partial charge in [-0.15, -0.1) is 0 Å². The molecule has 1 aliphatic rings. The molecule has 7 heteroatoms. The molecule has 0 radical (unpaired) electrons. The zero-order valence-electron chi connectivity index (χ0n) is 15.8. The van der Waals surface area contributed by atoms with Gasteiger partial charge >= 0.3 is 0 Å². The van der Waals surface area contributed by atoms with Gasteiger partial charge in [-0.3, -0.25) is 4.79 Å². The molecule has 0 heterocycles. The first kappa shape index (κ1) is 20.7. The minimum Gasteiger partial charge on any atom is -0.483 e. The van der Waals surface area contributed by atoms with Crippen molar-refractivity contribution in [3.8, 4) is 5.75 Å². The summed E-state index contributed by atoms with van der Waals surface area (Å²) in [5.74, 6) is 0.725. The van der Waals surface area contributed by atoms with E-state index in [-0.39, 0.29) is 17.4 Å². The molecule has 0 saturated heterocycles. The second-order valence-corrected chi connectivity index (χ2v) is 9.61. The van der Waals surface area contributed by atoms with Crippen LogP contribution < -0.4 is 10.1 Å². The first-order valence-electron chi connectivity index (χ1n) is 9.35. The van der Waals surface area contributed by atoms with E-state index in [9.17, 15) is 13.2 Å². The predicted octanol–water partition coefficient (Wildman–Crippen LogP) is 4.81. The molecule has 150 valence electrons. The van der Waals surface area contributed by atoms with Crippen LogP contribution in [-0.4, -0.2) is 27.2 Å². The predicted molar refractivity (Wildman–Crippen MR) is 111 cm³/mol. The van der Waals surface area contributed by atoms with E-state index in [1.54, 1.807) is 18.2 Å². The van der Waals surface area contributed by atoms with E-state index in [0.717, 1.165) is 24.7 Å². The summed E-state index contributed by atoms with van der Waals surface area (Å²) >= 11 is 6.17. The minimum atomic E-state index is -3.33. The fourth-order valence-electron chi connectivity index (χ4n) is 3.53. The van der Waals surface area contributed by atoms with E-state index >= 15 is 0 Å². The molecule has 2 aromatic carbocycles. The molecule has 1 amide bonds. The zero-order valence-corrected chi connectivity index (χ0v) is 17.4. The molecule has 3 rings (SSSR count). The Morgan fingerprint density at radius 1 is 1.14 bits per heavy atom. The van der Waals surface area contributed by atoms with Crippen molar-refractivity contribution in [3.63, 3.8) is 0 Å². The van der Waals surface area contributed by atoms with Crippen LogP contribution in [0.2, 0.25) is 5.02 Å². The van der Waals surface area contributed by atoms with Crippen molar-refractivity contribution >= 4 is 33.0 Å². The van der Waals surface area contributed by atoms with Gasteiger partial charge in [-0.25, -0.2) is 8.42 Å². The van der Waals surface area contributed by atoms with Gasteiger partial charge in [0.1, 0.15) is 5.75 Å². The van der Waals surface area contributed by atoms with Crippen molar-refractivity contribution in [2.45, 2.75) is 42.9 Å². The Labute approximate surface area is 171 Å². The Balaban J connectivity index is 1.66. The van der Waals surface area contributed by atoms with Gasteiger partial charge in [0.05, 0.1) is 4.90 Å². The molecule has 28 heavy (non-hydrogen) atoms. The lowest BCUT2D eigenvalue weighted by Gasteiger charge is -2.24. The summed E-state index contributed by atoms with van der Waals surface area (Å²) < 4.78 is 29.1. The summed E-state index contributed by atoms with van der Waals surface area (Å²) in [5, 5.41) is 3.34. The van der Waals surface area contributed by atoms with Crippen LogP contribution in [0.5, 0.6) is 5.75 Å². The van der Waals surface area contributed by atoms with Gasteiger partial charge < -0.3 is 10.1 Å². The number of rotatable bonds is 6. The third-order valence-corrected chi connectivity index (χ3v) is 6.27. The van der Waals surface area contributed by atoms with E-state index in [4.69, 9.17) is 16.3 Å². The number of benzene rings is 2. The highest BCUT2D eigenvalue weighted by molar-refractivity contribution is 7.90. The van der Waals surface area contributed by atoms with E-state index in [2.05, 4.69) is 5.32 Å². The summed E-state index contributed by atoms with van der Waals surface area (Å²) in [4.78, 5) is 12.4. The smallest absolute Gasteiger partial charge is 0.262 e. The fraction of sp³-hybridized carbons (Fsp3) is 0.381. The lowest BCUT2D eigenvalue weighted by molar-refractivity contribution is -0.118. The Morgan fingerprint density at radius 3 is 2.61 bits per heavy atom. The Morgan fingerprint density at radius 2 is 1.89 bits per heavy atom. The number of hydrogen-bond donors (Lipinski definition) is 1. The van der Waals surface area contributed by atoms with Crippen LogP contribution in [-0.2, 0) is 14.6 Å². The number of carbonyl (C=O) groups is 1. The summed E-state index contributed by atoms with van der Waals surface area (Å²) in [7, 11) is -3.33. The highest BCUT2D eigenvalue weighted by atomic mass is 35.5. The second-order valence-electron chi connectivity index (χ2n) is 7.15. The topological polar surface area (TPSA) is 72.5 Å². The van der Waals surface area contributed by atoms with Gasteiger partial charge in [0.25, 0.3) is 5.91 Å². The SMILES string of the molecule is CS(=O)(=O)c1cccc(NC(=O)COc2ccc(Cl)cc2C2CCCCC2)c1. The van der Waals surface area contributed by atoms with Crippen molar-refractivity contribution in [1.82, 2.24) is 0 Å². The van der Waals surface area contributed by atoms with Crippen molar-refractivity contribution < 1.29 is 17.9 Å². The molecule has 0 atom stereocenters. The quantitative estimate of drug-likeness (QED) is 0.726. The molecule has 0 spiro atoms. The van der Waals surface area contributed by atoms with Gasteiger partial charge in [0.2, 0.25) is 0 Å². The summed E-state index contributed by atoms with van der Waals surface area (Å²) in [6, 6.07) is 11.7. The van der Waals surface area contributed by atoms with Gasteiger partial charge in [-0.1, -0.05) is 36.9 Å². The molecule has 0 unspecified atom stereocenters. The Bertz CT molecular complexity index is 953. The number of anilines is 1. The van der Waals surface area contributed by atoms with Crippen LogP contribution in [0, 0.1) is 0 Å². The van der Waals surface area contributed by atoms with Crippen LogP contribution in [0.3, 0.4) is 0 Å². The van der Waals surface area contributed by atoms with Gasteiger partial charge in [0.15, 0.2) is 16.4 Å². The average Bonchev–Trinajstić information content (AvgIpc) is 2.67. The maximum Gasteiger partial charge on any atom is 0.262 e. The highest BCUT2D eigenvalue weighted by Gasteiger charge is 2.20. The highest BCUT2D eigenvalue weighted by Crippen LogP contribution is 2.38. The van der Waals surface area contributed by atoms with Gasteiger partial charge in [-0.2, -0.15) is 0 Å². The lowest BCUT2D eigenvalue weighted by atomic mass is 9.84. The molecule has 2 aromatic rings. The monoisotopic (exact) mass is 421 g/mol. The maximum absolute atomic E-state index is 12.3. The lowest BCUT2D eigenvalue weighted by Crippen LogP contribution is -2.21. The number of carbonyl (C=O) groups excluding carboxylic acids is 1. The molecular formula is C21H24ClNO4S. The van der Waals surface area contributed by atoms with Crippen molar-refractivity contribution in [3.05, 3.63) is 53.1 Å². The molecular weight excluding hydrogens is 398 g/mol. The molecule has 1 fully saturated rings. The Hall–Kier alpha value is -2.05. The van der Waals surface area contributed by atoms with E-state index in [1.165, 1.54) is 31.4 Å². The van der Waals surface area contributed by atoms with Crippen molar-refractivity contribution in [2.24, 2.45) is 0 Å². The molecule has 5 nitrogen and oxygen atoms in total. The van der Waals surface area contributed by atoms with E-state index in [1.807, 2.05) is 12.1 Å². The van der Waals surface area contributed by atoms with Gasteiger partial charge in [-0.05, 0) is 60.7 Å². The molecule has 1 aliphatic carbocycles. The minimum absolute atomic E-state index is 0.156. The molecule has 0 bridgehead atoms. The summed E-state index contributed by atoms with van der Waals surface area (Å²) in [5.41, 5.74) is 1.47. The third kappa shape index (κ3) is 5.49. The van der Waals surface area contributed by atoms with E-state index < -0.39 is 9.84 Å². The van der Waals surface area contributed by atoms with Crippen molar-refractivity contribution in [1.29, 1.82) is 0 Å². The van der Waals surface area contributed by atoms with Gasteiger partial charge in [0, 0.05) is 17.0 Å². The van der Waals surface area contributed by atoms with Crippen LogP contribution in [0.4, 0.5) is 5.69 Å². The number of ether oxygens (including phenoxy) is 1. The molecule has 1 saturated carbocycles. The summed E-state index contributed by atoms with van der Waals surface area (Å²) in [6.07, 6.45) is 6.95. The van der Waals surface area contributed by atoms with Crippen LogP contribution >= 0.6 is 11.6 Å². The standard InChI is InChI=1S/C21H24ClNO4S/c1-28(25,26)18-9-5-8-17(13-18)23-21(24)14-27-20-11-10-16(22)12-19(20)15-6-3-2-4-7-15/h5,8-13,15H,2-4,6-7,14H2,1H3,(H,23,24). The van der Waals surface area contributed by atoms with Crippen molar-refractivity contribution in [2.75, 3.05) is 18.2 Å². The first-order valence-corrected chi connectivity index (χ1v) is 11.6. The van der Waals surface area contributed by atoms with E-state index in [0.29, 0.717) is 22.4 Å². The number of sulfone groups is 1. The first-order chi connectivity index (χ1) is 13.3. The number of nitrogens with one attached hydrogen (secondary N) is 1. The normalized spacial score (nSPS) is 15.2. The third-order valence-electron chi connectivity index (χ3n) is 4.92. The van der Waals surface area contributed by atoms with Crippen LogP contribution in [0.1, 0.15) is 43.6 Å². The maximum atomic E-state index is 12.3. The molecule has 1 N–H and O–H groups in total. The fourth-order valence-corrected chi connectivity index (χ4v) is 4.38. The van der Waals surface area contributed by atoms with Crippen LogP contribution in [0.15, 0.2) is 47.4 Å². The summed E-state index contributed by atoms with van der Waals surface area (Å²) in [6.45, 7) is -0.162. The average molecular weight is 422 g/mol. The molecule has 0 aliphatic heterocycles. The molecule has 0 aromatic heterocycles. The number of amides is 1. The number of hydrogen-bond acceptors (Lipinski definition) is 4. The van der Waals surface area contributed by atoms with Crippen LogP contribution in [0.25, 0.3) is 0 Å². The second kappa shape index (κ2) is 8.97.